The molecule has 0 aliphatic carbocycles. The van der Waals surface area contributed by atoms with Gasteiger partial charge < -0.3 is 9.64 Å². The van der Waals surface area contributed by atoms with Crippen LogP contribution in [0.3, 0.4) is 0 Å². The largest absolute Gasteiger partial charge is 0.376 e. The van der Waals surface area contributed by atoms with Crippen molar-refractivity contribution in [3.8, 4) is 0 Å². The fraction of sp³-hybridized carbons (Fsp3) is 0.562. The van der Waals surface area contributed by atoms with Gasteiger partial charge in [0.05, 0.1) is 12.1 Å². The zero-order valence-electron chi connectivity index (χ0n) is 12.0. The van der Waals surface area contributed by atoms with Crippen LogP contribution in [0.25, 0.3) is 0 Å². The Morgan fingerprint density at radius 2 is 2.00 bits per heavy atom. The van der Waals surface area contributed by atoms with Crippen LogP contribution >= 0.6 is 0 Å². The Morgan fingerprint density at radius 3 is 2.76 bits per heavy atom. The zero-order valence-corrected chi connectivity index (χ0v) is 12.0. The summed E-state index contributed by atoms with van der Waals surface area (Å²) in [6, 6.07) is 10.1. The lowest BCUT2D eigenvalue weighted by Crippen LogP contribution is -2.44. The summed E-state index contributed by atoms with van der Waals surface area (Å²) < 4.78 is 5.78. The van der Waals surface area contributed by atoms with Crippen molar-refractivity contribution in [3.05, 3.63) is 35.9 Å². The summed E-state index contributed by atoms with van der Waals surface area (Å²) in [5.41, 5.74) is 1.03. The molecular formula is C16H20N2O3. The monoisotopic (exact) mass is 288 g/mol. The van der Waals surface area contributed by atoms with Gasteiger partial charge in [-0.15, -0.1) is 0 Å². The third-order valence-corrected chi connectivity index (χ3v) is 4.59. The second kappa shape index (κ2) is 5.31. The Kier molecular flexibility index (Phi) is 3.31. The fourth-order valence-electron chi connectivity index (χ4n) is 3.49. The highest BCUT2D eigenvalue weighted by Gasteiger charge is 2.48. The average Bonchev–Trinajstić information content (AvgIpc) is 2.92. The number of nitrogens with zero attached hydrogens (tertiary/aromatic N) is 2. The lowest BCUT2D eigenvalue weighted by molar-refractivity contribution is 0.0436. The van der Waals surface area contributed by atoms with Gasteiger partial charge in [0.25, 0.3) is 0 Å². The van der Waals surface area contributed by atoms with E-state index in [9.17, 15) is 4.79 Å². The van der Waals surface area contributed by atoms with Gasteiger partial charge in [-0.3, -0.25) is 0 Å². The summed E-state index contributed by atoms with van der Waals surface area (Å²) in [5.74, 6) is 0. The van der Waals surface area contributed by atoms with Crippen LogP contribution in [0.1, 0.15) is 37.5 Å². The molecule has 0 N–H and O–H groups in total. The number of carbonyl (C=O) groups is 1. The summed E-state index contributed by atoms with van der Waals surface area (Å²) in [5, 5.41) is 1.49. The van der Waals surface area contributed by atoms with E-state index in [1.165, 1.54) is 5.06 Å². The fourth-order valence-corrected chi connectivity index (χ4v) is 3.49. The number of hydrogen-bond acceptors (Lipinski definition) is 3. The van der Waals surface area contributed by atoms with Crippen molar-refractivity contribution < 1.29 is 14.4 Å². The van der Waals surface area contributed by atoms with Gasteiger partial charge in [-0.1, -0.05) is 30.3 Å². The van der Waals surface area contributed by atoms with Crippen LogP contribution in [0.5, 0.6) is 0 Å². The van der Waals surface area contributed by atoms with Crippen molar-refractivity contribution in [3.63, 3.8) is 0 Å². The molecular weight excluding hydrogens is 268 g/mol. The van der Waals surface area contributed by atoms with Crippen molar-refractivity contribution in [1.82, 2.24) is 9.96 Å². The first-order valence-corrected chi connectivity index (χ1v) is 7.78. The second-order valence-corrected chi connectivity index (χ2v) is 5.93. The van der Waals surface area contributed by atoms with Crippen molar-refractivity contribution in [2.75, 3.05) is 13.2 Å². The van der Waals surface area contributed by atoms with E-state index in [-0.39, 0.29) is 24.4 Å². The molecule has 3 fully saturated rings. The third-order valence-electron chi connectivity index (χ3n) is 4.59. The van der Waals surface area contributed by atoms with E-state index < -0.39 is 0 Å². The second-order valence-electron chi connectivity index (χ2n) is 5.93. The van der Waals surface area contributed by atoms with E-state index in [4.69, 9.17) is 9.57 Å². The summed E-state index contributed by atoms with van der Waals surface area (Å²) in [7, 11) is 0. The van der Waals surface area contributed by atoms with Gasteiger partial charge >= 0.3 is 6.03 Å². The molecule has 4 rings (SSSR count). The highest BCUT2D eigenvalue weighted by molar-refractivity contribution is 5.76. The van der Waals surface area contributed by atoms with Gasteiger partial charge in [0.2, 0.25) is 6.23 Å². The Balaban J connectivity index is 1.43. The topological polar surface area (TPSA) is 45.1 Å². The maximum atomic E-state index is 12.6. The van der Waals surface area contributed by atoms with E-state index in [0.717, 1.165) is 44.4 Å². The first-order chi connectivity index (χ1) is 10.3. The van der Waals surface area contributed by atoms with E-state index in [1.54, 1.807) is 0 Å². The lowest BCUT2D eigenvalue weighted by Gasteiger charge is -2.28. The Bertz CT molecular complexity index is 516. The zero-order chi connectivity index (χ0) is 14.2. The number of hydrogen-bond donors (Lipinski definition) is 0. The normalized spacial score (nSPS) is 31.7. The van der Waals surface area contributed by atoms with Gasteiger partial charge in [0, 0.05) is 18.7 Å². The number of amides is 2. The molecule has 5 heteroatoms. The standard InChI is InChI=1S/C16H20N2O3/c19-16(18-15(21-18)12-6-2-1-3-7-12)17-10-4-8-13(17)14-9-5-11-20-14/h1-3,6-7,13-15H,4-5,8-11H2. The molecule has 5 nitrogen and oxygen atoms in total. The molecule has 3 unspecified atom stereocenters. The van der Waals surface area contributed by atoms with Crippen LogP contribution in [-0.4, -0.2) is 41.3 Å². The molecule has 0 bridgehead atoms. The maximum Gasteiger partial charge on any atom is 0.347 e. The Labute approximate surface area is 124 Å². The van der Waals surface area contributed by atoms with Crippen LogP contribution < -0.4 is 0 Å². The number of hydroxylamine groups is 2. The van der Waals surface area contributed by atoms with E-state index in [0.29, 0.717) is 0 Å². The molecule has 3 aliphatic rings. The molecule has 21 heavy (non-hydrogen) atoms. The van der Waals surface area contributed by atoms with Crippen LogP contribution in [0.15, 0.2) is 30.3 Å². The van der Waals surface area contributed by atoms with Crippen LogP contribution in [0, 0.1) is 0 Å². The predicted octanol–water partition coefficient (Wildman–Crippen LogP) is 2.70. The smallest absolute Gasteiger partial charge is 0.347 e. The molecule has 0 radical (unpaired) electrons. The SMILES string of the molecule is O=C(N1CCCC1C1CCCO1)N1OC1c1ccccc1. The minimum atomic E-state index is -0.218. The number of ether oxygens (including phenoxy) is 1. The molecule has 0 aromatic heterocycles. The van der Waals surface area contributed by atoms with Crippen molar-refractivity contribution in [1.29, 1.82) is 0 Å². The van der Waals surface area contributed by atoms with Crippen molar-refractivity contribution >= 4 is 6.03 Å². The summed E-state index contributed by atoms with van der Waals surface area (Å²) >= 11 is 0. The Hall–Kier alpha value is -1.59. The molecule has 0 saturated carbocycles. The number of benzene rings is 1. The van der Waals surface area contributed by atoms with Gasteiger partial charge in [0.15, 0.2) is 0 Å². The molecule has 3 atom stereocenters. The van der Waals surface area contributed by atoms with Crippen LogP contribution in [-0.2, 0) is 9.57 Å². The van der Waals surface area contributed by atoms with E-state index in [2.05, 4.69) is 0 Å². The van der Waals surface area contributed by atoms with Crippen molar-refractivity contribution in [2.45, 2.75) is 44.1 Å². The summed E-state index contributed by atoms with van der Waals surface area (Å²) in [6.07, 6.45) is 4.27. The van der Waals surface area contributed by atoms with Crippen LogP contribution in [0.2, 0.25) is 0 Å². The molecule has 0 spiro atoms. The van der Waals surface area contributed by atoms with Crippen molar-refractivity contribution in [2.24, 2.45) is 0 Å². The molecule has 3 saturated heterocycles. The minimum absolute atomic E-state index is 0.0122. The minimum Gasteiger partial charge on any atom is -0.376 e. The molecule has 3 heterocycles. The Morgan fingerprint density at radius 1 is 1.14 bits per heavy atom. The quantitative estimate of drug-likeness (QED) is 0.786. The summed E-state index contributed by atoms with van der Waals surface area (Å²) in [4.78, 5) is 20.1. The number of likely N-dealkylation sites (tertiary alicyclic amines) is 1. The van der Waals surface area contributed by atoms with E-state index >= 15 is 0 Å². The first-order valence-electron chi connectivity index (χ1n) is 7.78. The number of carbonyl (C=O) groups excluding carboxylic acids is 1. The van der Waals surface area contributed by atoms with Gasteiger partial charge in [-0.05, 0) is 25.7 Å². The van der Waals surface area contributed by atoms with Crippen LogP contribution in [0.4, 0.5) is 4.79 Å². The van der Waals surface area contributed by atoms with E-state index in [1.807, 2.05) is 35.2 Å². The lowest BCUT2D eigenvalue weighted by atomic mass is 10.1. The predicted molar refractivity (Wildman–Crippen MR) is 76.2 cm³/mol. The number of rotatable bonds is 2. The third kappa shape index (κ3) is 2.40. The van der Waals surface area contributed by atoms with Gasteiger partial charge in [-0.2, -0.15) is 5.06 Å². The highest BCUT2D eigenvalue weighted by Crippen LogP contribution is 2.39. The molecule has 1 aromatic carbocycles. The summed E-state index contributed by atoms with van der Waals surface area (Å²) in [6.45, 7) is 1.64. The van der Waals surface area contributed by atoms with Gasteiger partial charge in [-0.25, -0.2) is 9.63 Å². The molecule has 2 amide bonds. The van der Waals surface area contributed by atoms with Gasteiger partial charge in [0.1, 0.15) is 0 Å². The maximum absolute atomic E-state index is 12.6. The molecule has 112 valence electrons. The molecule has 1 aromatic rings. The number of urea groups is 1. The first kappa shape index (κ1) is 13.1. The average molecular weight is 288 g/mol. The molecule has 3 aliphatic heterocycles. The highest BCUT2D eigenvalue weighted by atomic mass is 16.8.